The molecule has 0 fully saturated rings. The molecule has 0 atom stereocenters. The van der Waals surface area contributed by atoms with E-state index in [0.29, 0.717) is 6.42 Å². The van der Waals surface area contributed by atoms with Crippen LogP contribution < -0.4 is 0 Å². The highest BCUT2D eigenvalue weighted by molar-refractivity contribution is 7.85. The first kappa shape index (κ1) is 13.9. The molecular formula is C9H21NO3S. The van der Waals surface area contributed by atoms with E-state index < -0.39 is 10.1 Å². The summed E-state index contributed by atoms with van der Waals surface area (Å²) in [6.07, 6.45) is 4.06. The molecule has 5 heteroatoms. The number of hydrogen-bond donors (Lipinski definition) is 1. The van der Waals surface area contributed by atoms with Crippen molar-refractivity contribution >= 4 is 10.1 Å². The minimum absolute atomic E-state index is 0.134. The first-order valence-electron chi connectivity index (χ1n) is 5.09. The zero-order chi connectivity index (χ0) is 11.0. The molecule has 0 aliphatic carbocycles. The Bertz CT molecular complexity index is 226. The quantitative estimate of drug-likeness (QED) is 0.499. The number of rotatable bonds is 8. The summed E-state index contributed by atoms with van der Waals surface area (Å²) in [5.74, 6) is -0.134. The number of unbranched alkanes of at least 4 members (excludes halogenated alkanes) is 2. The molecule has 1 N–H and O–H groups in total. The minimum Gasteiger partial charge on any atom is -0.306 e. The Morgan fingerprint density at radius 1 is 1.14 bits per heavy atom. The van der Waals surface area contributed by atoms with Gasteiger partial charge in [-0.3, -0.25) is 4.55 Å². The molecule has 0 aromatic carbocycles. The molecule has 0 aliphatic heterocycles. The molecule has 0 saturated carbocycles. The van der Waals surface area contributed by atoms with Crippen molar-refractivity contribution in [3.63, 3.8) is 0 Å². The number of hydrogen-bond acceptors (Lipinski definition) is 3. The molecule has 0 unspecified atom stereocenters. The predicted molar refractivity (Wildman–Crippen MR) is 58.1 cm³/mol. The van der Waals surface area contributed by atoms with E-state index in [4.69, 9.17) is 4.55 Å². The Morgan fingerprint density at radius 3 is 2.21 bits per heavy atom. The van der Waals surface area contributed by atoms with Gasteiger partial charge in [-0.2, -0.15) is 8.42 Å². The lowest BCUT2D eigenvalue weighted by molar-refractivity contribution is 0.325. The van der Waals surface area contributed by atoms with Gasteiger partial charge in [-0.1, -0.05) is 19.8 Å². The van der Waals surface area contributed by atoms with Crippen LogP contribution in [0.4, 0.5) is 0 Å². The fourth-order valence-electron chi connectivity index (χ4n) is 1.26. The van der Waals surface area contributed by atoms with Crippen molar-refractivity contribution in [2.24, 2.45) is 0 Å². The summed E-state index contributed by atoms with van der Waals surface area (Å²) in [4.78, 5) is 2.10. The van der Waals surface area contributed by atoms with Gasteiger partial charge >= 0.3 is 0 Å². The zero-order valence-electron chi connectivity index (χ0n) is 9.07. The van der Waals surface area contributed by atoms with Crippen molar-refractivity contribution in [2.45, 2.75) is 32.6 Å². The summed E-state index contributed by atoms with van der Waals surface area (Å²) in [6, 6.07) is 0. The SMILES string of the molecule is CCCCCN(C)CCCS(=O)(=O)O. The third-order valence-electron chi connectivity index (χ3n) is 2.09. The van der Waals surface area contributed by atoms with Gasteiger partial charge in [0.15, 0.2) is 0 Å². The first-order chi connectivity index (χ1) is 6.45. The van der Waals surface area contributed by atoms with Gasteiger partial charge in [0, 0.05) is 0 Å². The molecule has 0 heterocycles. The van der Waals surface area contributed by atoms with Crippen molar-refractivity contribution in [3.8, 4) is 0 Å². The van der Waals surface area contributed by atoms with Crippen LogP contribution in [0.25, 0.3) is 0 Å². The monoisotopic (exact) mass is 223 g/mol. The maximum absolute atomic E-state index is 10.4. The van der Waals surface area contributed by atoms with Crippen LogP contribution >= 0.6 is 0 Å². The second-order valence-corrected chi connectivity index (χ2v) is 5.22. The smallest absolute Gasteiger partial charge is 0.264 e. The molecule has 0 saturated heterocycles. The van der Waals surface area contributed by atoms with E-state index in [1.165, 1.54) is 12.8 Å². The Balaban J connectivity index is 3.40. The highest BCUT2D eigenvalue weighted by Gasteiger charge is 2.05. The van der Waals surface area contributed by atoms with Crippen LogP contribution in [0.15, 0.2) is 0 Å². The van der Waals surface area contributed by atoms with Crippen molar-refractivity contribution in [1.82, 2.24) is 4.90 Å². The van der Waals surface area contributed by atoms with E-state index in [9.17, 15) is 8.42 Å². The lowest BCUT2D eigenvalue weighted by atomic mass is 10.2. The van der Waals surface area contributed by atoms with Crippen molar-refractivity contribution in [1.29, 1.82) is 0 Å². The molecule has 86 valence electrons. The summed E-state index contributed by atoms with van der Waals surface area (Å²) in [5, 5.41) is 0. The van der Waals surface area contributed by atoms with E-state index in [2.05, 4.69) is 11.8 Å². The van der Waals surface area contributed by atoms with Crippen LogP contribution in [-0.4, -0.2) is 43.8 Å². The van der Waals surface area contributed by atoms with Crippen molar-refractivity contribution in [3.05, 3.63) is 0 Å². The van der Waals surface area contributed by atoms with Crippen molar-refractivity contribution < 1.29 is 13.0 Å². The average Bonchev–Trinajstić information content (AvgIpc) is 2.02. The molecule has 0 aromatic rings. The topological polar surface area (TPSA) is 57.6 Å². The molecule has 14 heavy (non-hydrogen) atoms. The molecule has 0 bridgehead atoms. The normalized spacial score (nSPS) is 12.3. The van der Waals surface area contributed by atoms with Gasteiger partial charge in [-0.15, -0.1) is 0 Å². The summed E-state index contributed by atoms with van der Waals surface area (Å²) >= 11 is 0. The lowest BCUT2D eigenvalue weighted by Gasteiger charge is -2.15. The predicted octanol–water partition coefficient (Wildman–Crippen LogP) is 1.39. The second-order valence-electron chi connectivity index (χ2n) is 3.65. The minimum atomic E-state index is -3.77. The van der Waals surface area contributed by atoms with Crippen LogP contribution in [-0.2, 0) is 10.1 Å². The van der Waals surface area contributed by atoms with Gasteiger partial charge in [0.25, 0.3) is 10.1 Å². The summed E-state index contributed by atoms with van der Waals surface area (Å²) in [6.45, 7) is 3.88. The van der Waals surface area contributed by atoms with Gasteiger partial charge in [-0.05, 0) is 33.0 Å². The third-order valence-corrected chi connectivity index (χ3v) is 2.89. The van der Waals surface area contributed by atoms with Gasteiger partial charge in [0.2, 0.25) is 0 Å². The fourth-order valence-corrected chi connectivity index (χ4v) is 1.75. The molecule has 0 radical (unpaired) electrons. The largest absolute Gasteiger partial charge is 0.306 e. The molecule has 0 amide bonds. The van der Waals surface area contributed by atoms with Gasteiger partial charge in [0.1, 0.15) is 0 Å². The van der Waals surface area contributed by atoms with E-state index in [1.807, 2.05) is 7.05 Å². The average molecular weight is 223 g/mol. The maximum atomic E-state index is 10.4. The van der Waals surface area contributed by atoms with Gasteiger partial charge in [0.05, 0.1) is 5.75 Å². The zero-order valence-corrected chi connectivity index (χ0v) is 9.89. The van der Waals surface area contributed by atoms with E-state index in [0.717, 1.165) is 19.5 Å². The van der Waals surface area contributed by atoms with Crippen LogP contribution in [0, 0.1) is 0 Å². The molecule has 4 nitrogen and oxygen atoms in total. The Hall–Kier alpha value is -0.130. The van der Waals surface area contributed by atoms with Crippen molar-refractivity contribution in [2.75, 3.05) is 25.9 Å². The van der Waals surface area contributed by atoms with E-state index >= 15 is 0 Å². The standard InChI is InChI=1S/C9H21NO3S/c1-3-4-5-7-10(2)8-6-9-14(11,12)13/h3-9H2,1-2H3,(H,11,12,13). The highest BCUT2D eigenvalue weighted by Crippen LogP contribution is 1.98. The Kier molecular flexibility index (Phi) is 7.13. The molecule has 0 spiro atoms. The lowest BCUT2D eigenvalue weighted by Crippen LogP contribution is -2.22. The molecule has 0 aliphatic rings. The first-order valence-corrected chi connectivity index (χ1v) is 6.70. The Labute approximate surface area is 87.0 Å². The van der Waals surface area contributed by atoms with Crippen LogP contribution in [0.2, 0.25) is 0 Å². The molecule has 0 aromatic heterocycles. The summed E-state index contributed by atoms with van der Waals surface area (Å²) in [7, 11) is -1.80. The molecular weight excluding hydrogens is 202 g/mol. The summed E-state index contributed by atoms with van der Waals surface area (Å²) in [5.41, 5.74) is 0. The van der Waals surface area contributed by atoms with E-state index in [1.54, 1.807) is 0 Å². The Morgan fingerprint density at radius 2 is 1.71 bits per heavy atom. The van der Waals surface area contributed by atoms with Crippen LogP contribution in [0.1, 0.15) is 32.6 Å². The third kappa shape index (κ3) is 9.95. The second kappa shape index (κ2) is 7.20. The molecule has 0 rings (SSSR count). The van der Waals surface area contributed by atoms with Crippen LogP contribution in [0.3, 0.4) is 0 Å². The fraction of sp³-hybridized carbons (Fsp3) is 1.00. The van der Waals surface area contributed by atoms with Gasteiger partial charge in [-0.25, -0.2) is 0 Å². The summed E-state index contributed by atoms with van der Waals surface area (Å²) < 4.78 is 29.3. The van der Waals surface area contributed by atoms with Crippen LogP contribution in [0.5, 0.6) is 0 Å². The maximum Gasteiger partial charge on any atom is 0.264 e. The number of nitrogens with zero attached hydrogens (tertiary/aromatic N) is 1. The van der Waals surface area contributed by atoms with Gasteiger partial charge < -0.3 is 4.90 Å². The highest BCUT2D eigenvalue weighted by atomic mass is 32.2. The van der Waals surface area contributed by atoms with E-state index in [-0.39, 0.29) is 5.75 Å².